The monoisotopic (exact) mass is 442 g/mol. The molecule has 170 valence electrons. The number of hydrogen-bond acceptors (Lipinski definition) is 5. The van der Waals surface area contributed by atoms with E-state index in [2.05, 4.69) is 21.9 Å². The van der Waals surface area contributed by atoms with E-state index in [1.807, 2.05) is 6.07 Å². The molecule has 1 aliphatic carbocycles. The Bertz CT molecular complexity index is 843. The fraction of sp³-hybridized carbons (Fsp3) is 0.619. The Kier molecular flexibility index (Phi) is 6.00. The smallest absolute Gasteiger partial charge is 0.475 e. The van der Waals surface area contributed by atoms with Crippen LogP contribution in [0.2, 0.25) is 0 Å². The number of amides is 1. The van der Waals surface area contributed by atoms with Gasteiger partial charge in [0.2, 0.25) is 12.7 Å². The molecule has 2 saturated heterocycles. The zero-order valence-corrected chi connectivity index (χ0v) is 16.9. The summed E-state index contributed by atoms with van der Waals surface area (Å²) >= 11 is 0. The summed E-state index contributed by atoms with van der Waals surface area (Å²) in [7, 11) is 0. The van der Waals surface area contributed by atoms with Crippen LogP contribution < -0.4 is 9.47 Å². The molecule has 3 aliphatic heterocycles. The second-order valence-electron chi connectivity index (χ2n) is 8.41. The highest BCUT2D eigenvalue weighted by atomic mass is 19.4. The number of carboxylic acid groups (broad SMARTS) is 1. The van der Waals surface area contributed by atoms with Gasteiger partial charge >= 0.3 is 12.1 Å². The van der Waals surface area contributed by atoms with Crippen molar-refractivity contribution < 1.29 is 37.3 Å². The molecular weight excluding hydrogens is 417 g/mol. The molecule has 3 heterocycles. The van der Waals surface area contributed by atoms with Crippen LogP contribution >= 0.6 is 0 Å². The molecule has 1 saturated carbocycles. The largest absolute Gasteiger partial charge is 0.490 e. The Morgan fingerprint density at radius 2 is 1.81 bits per heavy atom. The van der Waals surface area contributed by atoms with Crippen LogP contribution in [0.1, 0.15) is 37.7 Å². The molecule has 0 bridgehead atoms. The first kappa shape index (κ1) is 21.7. The topological polar surface area (TPSA) is 79.3 Å². The molecular formula is C21H25F3N2O5. The number of carbonyl (C=O) groups is 2. The second kappa shape index (κ2) is 8.57. The van der Waals surface area contributed by atoms with Crippen LogP contribution in [0.4, 0.5) is 13.2 Å². The van der Waals surface area contributed by atoms with Crippen LogP contribution in [-0.2, 0) is 16.1 Å². The average molecular weight is 442 g/mol. The molecule has 0 spiro atoms. The summed E-state index contributed by atoms with van der Waals surface area (Å²) < 4.78 is 42.6. The van der Waals surface area contributed by atoms with Gasteiger partial charge in [0.15, 0.2) is 11.5 Å². The summed E-state index contributed by atoms with van der Waals surface area (Å²) in [6.45, 7) is 3.34. The average Bonchev–Trinajstić information content (AvgIpc) is 3.25. The zero-order valence-electron chi connectivity index (χ0n) is 16.9. The molecule has 10 heteroatoms. The molecule has 4 aliphatic rings. The van der Waals surface area contributed by atoms with Crippen LogP contribution in [0.5, 0.6) is 11.5 Å². The third-order valence-corrected chi connectivity index (χ3v) is 6.22. The van der Waals surface area contributed by atoms with Crippen molar-refractivity contribution in [3.05, 3.63) is 23.8 Å². The molecule has 0 radical (unpaired) electrons. The minimum absolute atomic E-state index is 0.325. The number of benzene rings is 1. The molecule has 0 unspecified atom stereocenters. The third-order valence-electron chi connectivity index (χ3n) is 6.22. The normalized spacial score (nSPS) is 25.1. The molecule has 1 aromatic carbocycles. The van der Waals surface area contributed by atoms with E-state index in [-0.39, 0.29) is 0 Å². The van der Waals surface area contributed by atoms with Gasteiger partial charge in [-0.25, -0.2) is 4.79 Å². The number of piperidine rings is 1. The van der Waals surface area contributed by atoms with Gasteiger partial charge in [-0.15, -0.1) is 0 Å². The first-order chi connectivity index (χ1) is 14.7. The predicted molar refractivity (Wildman–Crippen MR) is 103 cm³/mol. The quantitative estimate of drug-likeness (QED) is 0.772. The van der Waals surface area contributed by atoms with E-state index in [1.54, 1.807) is 0 Å². The molecule has 7 nitrogen and oxygen atoms in total. The first-order valence-corrected chi connectivity index (χ1v) is 10.4. The van der Waals surface area contributed by atoms with E-state index in [1.165, 1.54) is 18.4 Å². The lowest BCUT2D eigenvalue weighted by atomic mass is 9.95. The number of fused-ring (bicyclic) bond motifs is 2. The van der Waals surface area contributed by atoms with E-state index >= 15 is 0 Å². The van der Waals surface area contributed by atoms with Gasteiger partial charge in [0.25, 0.3) is 0 Å². The van der Waals surface area contributed by atoms with E-state index in [0.29, 0.717) is 31.2 Å². The van der Waals surface area contributed by atoms with Gasteiger partial charge in [-0.3, -0.25) is 9.69 Å². The van der Waals surface area contributed by atoms with Crippen LogP contribution in [0.25, 0.3) is 0 Å². The summed E-state index contributed by atoms with van der Waals surface area (Å²) in [5.74, 6) is 0.102. The number of ether oxygens (including phenoxy) is 2. The van der Waals surface area contributed by atoms with Crippen molar-refractivity contribution in [2.75, 3.05) is 19.9 Å². The van der Waals surface area contributed by atoms with Crippen molar-refractivity contribution in [1.29, 1.82) is 0 Å². The summed E-state index contributed by atoms with van der Waals surface area (Å²) in [6.07, 6.45) is 0.374. The van der Waals surface area contributed by atoms with Crippen LogP contribution in [-0.4, -0.2) is 64.9 Å². The molecule has 0 aromatic heterocycles. The summed E-state index contributed by atoms with van der Waals surface area (Å²) in [4.78, 5) is 26.0. The molecule has 1 amide bonds. The summed E-state index contributed by atoms with van der Waals surface area (Å²) in [5.41, 5.74) is 1.27. The number of likely N-dealkylation sites (tertiary alicyclic amines) is 2. The van der Waals surface area contributed by atoms with Crippen LogP contribution in [0.3, 0.4) is 0 Å². The molecule has 31 heavy (non-hydrogen) atoms. The Morgan fingerprint density at radius 1 is 1.10 bits per heavy atom. The van der Waals surface area contributed by atoms with Crippen molar-refractivity contribution in [2.45, 2.75) is 56.9 Å². The number of nitrogens with zero attached hydrogens (tertiary/aromatic N) is 2. The van der Waals surface area contributed by atoms with Gasteiger partial charge in [-0.2, -0.15) is 13.2 Å². The molecule has 5 rings (SSSR count). The fourth-order valence-electron chi connectivity index (χ4n) is 4.52. The lowest BCUT2D eigenvalue weighted by Gasteiger charge is -2.40. The number of hydrogen-bond donors (Lipinski definition) is 1. The van der Waals surface area contributed by atoms with Gasteiger partial charge in [0, 0.05) is 38.1 Å². The van der Waals surface area contributed by atoms with E-state index in [9.17, 15) is 18.0 Å². The van der Waals surface area contributed by atoms with Gasteiger partial charge < -0.3 is 19.5 Å². The third kappa shape index (κ3) is 5.06. The highest BCUT2D eigenvalue weighted by Gasteiger charge is 2.44. The van der Waals surface area contributed by atoms with Crippen molar-refractivity contribution >= 4 is 11.9 Å². The minimum atomic E-state index is -5.08. The Balaban J connectivity index is 0.000000289. The van der Waals surface area contributed by atoms with Gasteiger partial charge in [-0.05, 0) is 49.3 Å². The van der Waals surface area contributed by atoms with Gasteiger partial charge in [0.1, 0.15) is 0 Å². The summed E-state index contributed by atoms with van der Waals surface area (Å²) in [6, 6.07) is 7.20. The maximum atomic E-state index is 12.4. The number of halogens is 3. The van der Waals surface area contributed by atoms with Crippen molar-refractivity contribution in [1.82, 2.24) is 9.80 Å². The Labute approximate surface area is 177 Å². The van der Waals surface area contributed by atoms with Crippen LogP contribution in [0.15, 0.2) is 18.2 Å². The Morgan fingerprint density at radius 3 is 2.48 bits per heavy atom. The number of carboxylic acids is 1. The standard InChI is InChI=1S/C19H24N2O3.C2HF3O2/c22-19-6-4-15-16(21(19)11-13-1-2-13)7-8-20(15)10-14-3-5-17-18(9-14)24-12-23-17;3-2(4,5)1(6)7/h3,5,9,13,15-16H,1-2,4,6-8,10-12H2;(H,6,7)/t15-,16-;/m0./s1. The highest BCUT2D eigenvalue weighted by molar-refractivity contribution is 5.77. The van der Waals surface area contributed by atoms with E-state index in [4.69, 9.17) is 19.4 Å². The van der Waals surface area contributed by atoms with E-state index in [0.717, 1.165) is 49.9 Å². The van der Waals surface area contributed by atoms with Crippen molar-refractivity contribution in [3.63, 3.8) is 0 Å². The van der Waals surface area contributed by atoms with Gasteiger partial charge in [-0.1, -0.05) is 6.07 Å². The van der Waals surface area contributed by atoms with Crippen molar-refractivity contribution in [2.24, 2.45) is 5.92 Å². The maximum Gasteiger partial charge on any atom is 0.490 e. The fourth-order valence-corrected chi connectivity index (χ4v) is 4.52. The first-order valence-electron chi connectivity index (χ1n) is 10.4. The van der Waals surface area contributed by atoms with E-state index < -0.39 is 12.1 Å². The molecule has 2 atom stereocenters. The lowest BCUT2D eigenvalue weighted by molar-refractivity contribution is -0.192. The Hall–Kier alpha value is -2.49. The number of alkyl halides is 3. The predicted octanol–water partition coefficient (Wildman–Crippen LogP) is 3.02. The number of carbonyl (C=O) groups excluding carboxylic acids is 1. The van der Waals surface area contributed by atoms with Crippen LogP contribution in [0, 0.1) is 5.92 Å². The highest BCUT2D eigenvalue weighted by Crippen LogP contribution is 2.38. The maximum absolute atomic E-state index is 12.4. The lowest BCUT2D eigenvalue weighted by Crippen LogP contribution is -2.52. The number of aliphatic carboxylic acids is 1. The van der Waals surface area contributed by atoms with Gasteiger partial charge in [0.05, 0.1) is 0 Å². The van der Waals surface area contributed by atoms with Crippen molar-refractivity contribution in [3.8, 4) is 11.5 Å². The molecule has 1 aromatic rings. The minimum Gasteiger partial charge on any atom is -0.475 e. The SMILES string of the molecule is O=C(O)C(F)(F)F.O=C1CC[C@H]2[C@H](CCN2Cc2ccc3c(c2)OCO3)N1CC1CC1. The molecule has 1 N–H and O–H groups in total. The summed E-state index contributed by atoms with van der Waals surface area (Å²) in [5, 5.41) is 7.12. The zero-order chi connectivity index (χ0) is 22.2. The second-order valence-corrected chi connectivity index (χ2v) is 8.41. The number of rotatable bonds is 4. The molecule has 3 fully saturated rings.